The molecule has 0 saturated heterocycles. The fourth-order valence-electron chi connectivity index (χ4n) is 4.42. The molecule has 2 aliphatic heterocycles. The first kappa shape index (κ1) is 27.0. The first-order valence-electron chi connectivity index (χ1n) is 11.0. The monoisotopic (exact) mass is 569 g/mol. The first-order chi connectivity index (χ1) is 17.0. The number of amides is 1. The number of aliphatic hydroxyl groups is 1. The lowest BCUT2D eigenvalue weighted by molar-refractivity contribution is -0.129. The maximum Gasteiger partial charge on any atom is 0.260 e. The van der Waals surface area contributed by atoms with E-state index >= 15 is 0 Å². The summed E-state index contributed by atoms with van der Waals surface area (Å²) in [5.41, 5.74) is -0.561. The van der Waals surface area contributed by atoms with Crippen molar-refractivity contribution in [1.29, 1.82) is 0 Å². The Balaban J connectivity index is 1.80. The van der Waals surface area contributed by atoms with Gasteiger partial charge in [0.15, 0.2) is 4.36 Å². The molecule has 2 aliphatic rings. The molecule has 0 saturated carbocycles. The summed E-state index contributed by atoms with van der Waals surface area (Å²) in [6.45, 7) is 5.47. The van der Waals surface area contributed by atoms with Crippen LogP contribution in [-0.2, 0) is 31.2 Å². The van der Waals surface area contributed by atoms with Crippen LogP contribution in [0, 0.1) is 11.2 Å². The zero-order chi connectivity index (χ0) is 27.5. The molecule has 13 heteroatoms. The number of nitrogens with zero attached hydrogens (tertiary/aromatic N) is 1. The van der Waals surface area contributed by atoms with Gasteiger partial charge in [-0.2, -0.15) is 0 Å². The summed E-state index contributed by atoms with van der Waals surface area (Å²) in [6, 6.07) is 8.52. The molecule has 3 N–H and O–H groups in total. The number of fused-ring (bicyclic) bond motifs is 1. The van der Waals surface area contributed by atoms with Gasteiger partial charge in [-0.15, -0.1) is 0 Å². The van der Waals surface area contributed by atoms with E-state index in [4.69, 9.17) is 11.6 Å². The standard InChI is InChI=1S/C24H25ClFN3O6S2/c1-24(2,3)21-20(30)18(23(31)29(21)12-13-5-7-14(26)8-6-13)19-22(25)37(34,35)17-11-15(28-36(4,32)33)9-10-16(17)27-19/h5-11,21,27-28,30H,12H2,1-4H3/t21-/m1/s1. The highest BCUT2D eigenvalue weighted by Crippen LogP contribution is 2.45. The van der Waals surface area contributed by atoms with Gasteiger partial charge in [-0.1, -0.05) is 44.5 Å². The van der Waals surface area contributed by atoms with Gasteiger partial charge in [0.25, 0.3) is 5.91 Å². The van der Waals surface area contributed by atoms with Crippen molar-refractivity contribution >= 4 is 48.7 Å². The topological polar surface area (TPSA) is 133 Å². The minimum absolute atomic E-state index is 0.0109. The normalized spacial score (nSPS) is 19.7. The second kappa shape index (κ2) is 9.03. The molecule has 1 atom stereocenters. The molecule has 0 spiro atoms. The van der Waals surface area contributed by atoms with Crippen molar-refractivity contribution in [3.63, 3.8) is 0 Å². The number of nitrogens with one attached hydrogen (secondary N) is 2. The van der Waals surface area contributed by atoms with E-state index in [9.17, 15) is 31.1 Å². The molecule has 37 heavy (non-hydrogen) atoms. The van der Waals surface area contributed by atoms with E-state index < -0.39 is 47.4 Å². The van der Waals surface area contributed by atoms with Crippen molar-refractivity contribution in [2.24, 2.45) is 5.41 Å². The Bertz CT molecular complexity index is 1580. The fraction of sp³-hybridized carbons (Fsp3) is 0.292. The average Bonchev–Trinajstić information content (AvgIpc) is 3.01. The molecule has 198 valence electrons. The summed E-state index contributed by atoms with van der Waals surface area (Å²) in [4.78, 5) is 14.7. The Kier molecular flexibility index (Phi) is 6.58. The quantitative estimate of drug-likeness (QED) is 0.494. The average molecular weight is 570 g/mol. The molecule has 1 amide bonds. The van der Waals surface area contributed by atoms with E-state index in [0.717, 1.165) is 12.3 Å². The molecule has 9 nitrogen and oxygen atoms in total. The van der Waals surface area contributed by atoms with Crippen LogP contribution in [0.1, 0.15) is 26.3 Å². The third kappa shape index (κ3) is 5.05. The van der Waals surface area contributed by atoms with Crippen LogP contribution in [-0.4, -0.2) is 45.0 Å². The number of aliphatic hydroxyl groups excluding tert-OH is 1. The molecule has 0 aliphatic carbocycles. The Morgan fingerprint density at radius 1 is 1.16 bits per heavy atom. The summed E-state index contributed by atoms with van der Waals surface area (Å²) >= 11 is 6.32. The summed E-state index contributed by atoms with van der Waals surface area (Å²) in [6.07, 6.45) is 0.925. The number of benzene rings is 2. The number of hydrogen-bond acceptors (Lipinski definition) is 7. The molecule has 0 aromatic heterocycles. The van der Waals surface area contributed by atoms with Gasteiger partial charge in [0.05, 0.1) is 28.6 Å². The molecule has 2 aromatic carbocycles. The predicted molar refractivity (Wildman–Crippen MR) is 138 cm³/mol. The zero-order valence-electron chi connectivity index (χ0n) is 20.3. The zero-order valence-corrected chi connectivity index (χ0v) is 22.7. The molecule has 2 aromatic rings. The third-order valence-corrected chi connectivity index (χ3v) is 8.90. The van der Waals surface area contributed by atoms with Crippen molar-refractivity contribution < 1.29 is 31.1 Å². The van der Waals surface area contributed by atoms with E-state index in [2.05, 4.69) is 10.0 Å². The number of carbonyl (C=O) groups excluding carboxylic acids is 1. The van der Waals surface area contributed by atoms with Crippen LogP contribution in [0.25, 0.3) is 0 Å². The van der Waals surface area contributed by atoms with Crippen LogP contribution in [0.2, 0.25) is 0 Å². The minimum Gasteiger partial charge on any atom is -0.509 e. The van der Waals surface area contributed by atoms with Crippen molar-refractivity contribution in [2.45, 2.75) is 38.3 Å². The van der Waals surface area contributed by atoms with E-state index in [0.29, 0.717) is 5.56 Å². The maximum absolute atomic E-state index is 13.7. The van der Waals surface area contributed by atoms with E-state index in [1.165, 1.54) is 41.3 Å². The minimum atomic E-state index is -4.38. The number of anilines is 2. The van der Waals surface area contributed by atoms with Gasteiger partial charge in [-0.05, 0) is 41.3 Å². The van der Waals surface area contributed by atoms with Crippen LogP contribution >= 0.6 is 11.6 Å². The summed E-state index contributed by atoms with van der Waals surface area (Å²) < 4.78 is 64.7. The van der Waals surface area contributed by atoms with Crippen LogP contribution in [0.4, 0.5) is 15.8 Å². The second-order valence-electron chi connectivity index (χ2n) is 9.95. The van der Waals surface area contributed by atoms with Gasteiger partial charge in [-0.3, -0.25) is 9.52 Å². The van der Waals surface area contributed by atoms with E-state index in [-0.39, 0.29) is 39.8 Å². The highest BCUT2D eigenvalue weighted by molar-refractivity contribution is 7.97. The van der Waals surface area contributed by atoms with E-state index in [1.807, 2.05) is 20.8 Å². The van der Waals surface area contributed by atoms with E-state index in [1.54, 1.807) is 0 Å². The highest BCUT2D eigenvalue weighted by Gasteiger charge is 2.48. The predicted octanol–water partition coefficient (Wildman–Crippen LogP) is 4.07. The molecule has 0 fully saturated rings. The summed E-state index contributed by atoms with van der Waals surface area (Å²) in [7, 11) is -8.05. The van der Waals surface area contributed by atoms with Crippen LogP contribution in [0.3, 0.4) is 0 Å². The third-order valence-electron chi connectivity index (χ3n) is 5.90. The lowest BCUT2D eigenvalue weighted by Gasteiger charge is -2.35. The van der Waals surface area contributed by atoms with Gasteiger partial charge in [0.2, 0.25) is 19.9 Å². The van der Waals surface area contributed by atoms with Crippen molar-refractivity contribution in [1.82, 2.24) is 4.90 Å². The number of halogens is 2. The van der Waals surface area contributed by atoms with Gasteiger partial charge in [0, 0.05) is 12.2 Å². The number of sulfonamides is 1. The molecular weight excluding hydrogens is 545 g/mol. The van der Waals surface area contributed by atoms with Crippen LogP contribution in [0.15, 0.2) is 68.8 Å². The number of rotatable bonds is 5. The Morgan fingerprint density at radius 3 is 2.35 bits per heavy atom. The van der Waals surface area contributed by atoms with Gasteiger partial charge >= 0.3 is 0 Å². The number of sulfone groups is 1. The smallest absolute Gasteiger partial charge is 0.260 e. The van der Waals surface area contributed by atoms with Gasteiger partial charge in [0.1, 0.15) is 17.1 Å². The molecule has 0 unspecified atom stereocenters. The second-order valence-corrected chi connectivity index (χ2v) is 14.2. The summed E-state index contributed by atoms with van der Waals surface area (Å²) in [5.74, 6) is -1.45. The Labute approximate surface area is 219 Å². The fourth-order valence-corrected chi connectivity index (χ4v) is 6.67. The van der Waals surface area contributed by atoms with Crippen molar-refractivity contribution in [3.8, 4) is 0 Å². The molecule has 0 radical (unpaired) electrons. The molecule has 4 rings (SSSR count). The largest absolute Gasteiger partial charge is 0.509 e. The van der Waals surface area contributed by atoms with Crippen LogP contribution in [0.5, 0.6) is 0 Å². The number of carbonyl (C=O) groups is 1. The number of hydrogen-bond donors (Lipinski definition) is 3. The van der Waals surface area contributed by atoms with Gasteiger partial charge in [-0.25, -0.2) is 21.2 Å². The molecule has 2 heterocycles. The first-order valence-corrected chi connectivity index (χ1v) is 14.8. The van der Waals surface area contributed by atoms with Gasteiger partial charge < -0.3 is 15.3 Å². The Hall–Kier alpha value is -3.09. The van der Waals surface area contributed by atoms with Crippen LogP contribution < -0.4 is 10.0 Å². The maximum atomic E-state index is 13.7. The van der Waals surface area contributed by atoms with Crippen molar-refractivity contribution in [3.05, 3.63) is 75.2 Å². The molecular formula is C24H25ClFN3O6S2. The lowest BCUT2D eigenvalue weighted by Crippen LogP contribution is -2.43. The highest BCUT2D eigenvalue weighted by atomic mass is 35.5. The summed E-state index contributed by atoms with van der Waals surface area (Å²) in [5, 5.41) is 14.1. The SMILES string of the molecule is CC(C)(C)[C@H]1C(O)=C(C2=C(Cl)S(=O)(=O)c3cc(NS(C)(=O)=O)ccc3N2)C(=O)N1Cc1ccc(F)cc1. The molecule has 0 bridgehead atoms. The Morgan fingerprint density at radius 2 is 1.78 bits per heavy atom. The lowest BCUT2D eigenvalue weighted by atomic mass is 9.85. The van der Waals surface area contributed by atoms with Crippen molar-refractivity contribution in [2.75, 3.05) is 16.3 Å².